The van der Waals surface area contributed by atoms with Crippen LogP contribution >= 0.6 is 0 Å². The lowest BCUT2D eigenvalue weighted by Crippen LogP contribution is -2.48. The van der Waals surface area contributed by atoms with Crippen LogP contribution in [0.2, 0.25) is 0 Å². The van der Waals surface area contributed by atoms with Crippen LogP contribution in [-0.2, 0) is 4.79 Å². The van der Waals surface area contributed by atoms with E-state index < -0.39 is 0 Å². The summed E-state index contributed by atoms with van der Waals surface area (Å²) < 4.78 is 5.32. The maximum Gasteiger partial charge on any atom is 0.258 e. The van der Waals surface area contributed by atoms with Gasteiger partial charge in [0.15, 0.2) is 0 Å². The molecule has 2 amide bonds. The van der Waals surface area contributed by atoms with Crippen LogP contribution in [0, 0.1) is 5.92 Å². The molecule has 0 aromatic heterocycles. The number of nitrogens with zero attached hydrogens (tertiary/aromatic N) is 2. The van der Waals surface area contributed by atoms with Gasteiger partial charge < -0.3 is 14.5 Å². The van der Waals surface area contributed by atoms with E-state index in [9.17, 15) is 9.59 Å². The van der Waals surface area contributed by atoms with Crippen molar-refractivity contribution in [1.82, 2.24) is 0 Å². The van der Waals surface area contributed by atoms with Crippen LogP contribution in [0.5, 0.6) is 5.75 Å². The average Bonchev–Trinajstić information content (AvgIpc) is 2.84. The molecule has 2 atom stereocenters. The van der Waals surface area contributed by atoms with Gasteiger partial charge in [-0.25, -0.2) is 0 Å². The molecule has 33 heavy (non-hydrogen) atoms. The molecule has 3 aromatic carbocycles. The van der Waals surface area contributed by atoms with Crippen molar-refractivity contribution in [2.24, 2.45) is 5.92 Å². The minimum Gasteiger partial charge on any atom is -0.497 e. The third-order valence-corrected chi connectivity index (χ3v) is 6.17. The van der Waals surface area contributed by atoms with Gasteiger partial charge in [0.1, 0.15) is 5.75 Å². The molecule has 0 saturated carbocycles. The minimum absolute atomic E-state index is 0.0702. The lowest BCUT2D eigenvalue weighted by atomic mass is 9.89. The predicted molar refractivity (Wildman–Crippen MR) is 132 cm³/mol. The maximum atomic E-state index is 13.6. The van der Waals surface area contributed by atoms with Crippen molar-refractivity contribution in [2.75, 3.05) is 16.9 Å². The minimum atomic E-state index is -0.164. The number of para-hydroxylation sites is 2. The summed E-state index contributed by atoms with van der Waals surface area (Å²) in [4.78, 5) is 30.8. The molecule has 4 rings (SSSR count). The second-order valence-electron chi connectivity index (χ2n) is 8.76. The van der Waals surface area contributed by atoms with Crippen LogP contribution in [-0.4, -0.2) is 25.0 Å². The monoisotopic (exact) mass is 442 g/mol. The van der Waals surface area contributed by atoms with Crippen LogP contribution in [0.15, 0.2) is 78.9 Å². The number of carbonyl (C=O) groups is 2. The number of anilines is 2. The molecule has 3 aromatic rings. The molecule has 0 fully saturated rings. The molecule has 0 unspecified atom stereocenters. The van der Waals surface area contributed by atoms with Crippen molar-refractivity contribution in [2.45, 2.75) is 39.3 Å². The molecular weight excluding hydrogens is 412 g/mol. The van der Waals surface area contributed by atoms with Crippen molar-refractivity contribution in [3.8, 4) is 5.75 Å². The molecule has 1 heterocycles. The molecular formula is C28H30N2O3. The van der Waals surface area contributed by atoms with Crippen LogP contribution in [0.25, 0.3) is 0 Å². The molecule has 1 aliphatic heterocycles. The van der Waals surface area contributed by atoms with E-state index in [-0.39, 0.29) is 29.8 Å². The zero-order chi connectivity index (χ0) is 23.5. The third-order valence-electron chi connectivity index (χ3n) is 6.17. The number of rotatable bonds is 5. The molecule has 0 saturated heterocycles. The molecule has 0 radical (unpaired) electrons. The van der Waals surface area contributed by atoms with Gasteiger partial charge in [0.05, 0.1) is 13.2 Å². The van der Waals surface area contributed by atoms with Crippen LogP contribution in [0.4, 0.5) is 11.4 Å². The third kappa shape index (κ3) is 4.36. The quantitative estimate of drug-likeness (QED) is 0.497. The predicted octanol–water partition coefficient (Wildman–Crippen LogP) is 5.86. The molecule has 5 heteroatoms. The molecule has 0 bridgehead atoms. The Balaban J connectivity index is 1.79. The summed E-state index contributed by atoms with van der Waals surface area (Å²) in [5.41, 5.74) is 3.26. The maximum absolute atomic E-state index is 13.6. The van der Waals surface area contributed by atoms with Crippen molar-refractivity contribution < 1.29 is 14.3 Å². The van der Waals surface area contributed by atoms with Gasteiger partial charge >= 0.3 is 0 Å². The van der Waals surface area contributed by atoms with Gasteiger partial charge in [-0.1, -0.05) is 56.3 Å². The van der Waals surface area contributed by atoms with Crippen molar-refractivity contribution in [3.05, 3.63) is 90.0 Å². The van der Waals surface area contributed by atoms with Crippen molar-refractivity contribution >= 4 is 23.2 Å². The summed E-state index contributed by atoms with van der Waals surface area (Å²) in [6, 6.07) is 24.7. The lowest BCUT2D eigenvalue weighted by Gasteiger charge is -2.44. The SMILES string of the molecule is COc1cccc(C(=O)N2c3ccccc3[C@H](N(C(=O)C(C)C)c3ccccc3)C[C@H]2C)c1. The first kappa shape index (κ1) is 22.6. The first-order valence-corrected chi connectivity index (χ1v) is 11.4. The number of carbonyl (C=O) groups excluding carboxylic acids is 2. The second-order valence-corrected chi connectivity index (χ2v) is 8.76. The number of amides is 2. The number of methoxy groups -OCH3 is 1. The lowest BCUT2D eigenvalue weighted by molar-refractivity contribution is -0.122. The fourth-order valence-corrected chi connectivity index (χ4v) is 4.56. The van der Waals surface area contributed by atoms with E-state index in [4.69, 9.17) is 4.74 Å². The number of hydrogen-bond donors (Lipinski definition) is 0. The van der Waals surface area contributed by atoms with Crippen molar-refractivity contribution in [1.29, 1.82) is 0 Å². The van der Waals surface area contributed by atoms with Crippen LogP contribution in [0.3, 0.4) is 0 Å². The fourth-order valence-electron chi connectivity index (χ4n) is 4.56. The van der Waals surface area contributed by atoms with E-state index in [1.807, 2.05) is 103 Å². The number of benzene rings is 3. The van der Waals surface area contributed by atoms with Gasteiger partial charge in [-0.2, -0.15) is 0 Å². The highest BCUT2D eigenvalue weighted by atomic mass is 16.5. The Kier molecular flexibility index (Phi) is 6.50. The molecule has 0 N–H and O–H groups in total. The van der Waals surface area contributed by atoms with E-state index >= 15 is 0 Å². The van der Waals surface area contributed by atoms with E-state index in [2.05, 4.69) is 0 Å². The fraction of sp³-hybridized carbons (Fsp3) is 0.286. The summed E-state index contributed by atoms with van der Waals surface area (Å²) in [7, 11) is 1.59. The Morgan fingerprint density at radius 3 is 2.36 bits per heavy atom. The summed E-state index contributed by atoms with van der Waals surface area (Å²) in [6.07, 6.45) is 0.639. The zero-order valence-electron chi connectivity index (χ0n) is 19.6. The second kappa shape index (κ2) is 9.49. The summed E-state index contributed by atoms with van der Waals surface area (Å²) >= 11 is 0. The number of fused-ring (bicyclic) bond motifs is 1. The van der Waals surface area contributed by atoms with Gasteiger partial charge in [-0.05, 0) is 55.3 Å². The van der Waals surface area contributed by atoms with E-state index in [0.717, 1.165) is 16.9 Å². The number of ether oxygens (including phenoxy) is 1. The van der Waals surface area contributed by atoms with E-state index in [0.29, 0.717) is 17.7 Å². The van der Waals surface area contributed by atoms with Crippen molar-refractivity contribution in [3.63, 3.8) is 0 Å². The summed E-state index contributed by atoms with van der Waals surface area (Å²) in [6.45, 7) is 5.90. The molecule has 170 valence electrons. The standard InChI is InChI=1S/C28H30N2O3/c1-19(2)27(31)30(22-12-6-5-7-13-22)26-17-20(3)29(25-16-9-8-15-24(25)26)28(32)21-11-10-14-23(18-21)33-4/h5-16,18-20,26H,17H2,1-4H3/t20-,26-/m1/s1. The smallest absolute Gasteiger partial charge is 0.258 e. The highest BCUT2D eigenvalue weighted by Crippen LogP contribution is 2.43. The van der Waals surface area contributed by atoms with Gasteiger partial charge in [0.2, 0.25) is 5.91 Å². The first-order valence-electron chi connectivity index (χ1n) is 11.4. The number of hydrogen-bond acceptors (Lipinski definition) is 3. The molecule has 5 nitrogen and oxygen atoms in total. The Morgan fingerprint density at radius 1 is 0.970 bits per heavy atom. The highest BCUT2D eigenvalue weighted by molar-refractivity contribution is 6.08. The van der Waals surface area contributed by atoms with E-state index in [1.165, 1.54) is 0 Å². The Bertz CT molecular complexity index is 1140. The Labute approximate surface area is 195 Å². The Hall–Kier alpha value is -3.60. The molecule has 0 aliphatic carbocycles. The van der Waals surface area contributed by atoms with E-state index in [1.54, 1.807) is 13.2 Å². The largest absolute Gasteiger partial charge is 0.497 e. The molecule has 1 aliphatic rings. The van der Waals surface area contributed by atoms with Gasteiger partial charge in [0.25, 0.3) is 5.91 Å². The van der Waals surface area contributed by atoms with Crippen LogP contribution < -0.4 is 14.5 Å². The van der Waals surface area contributed by atoms with Gasteiger partial charge in [-0.15, -0.1) is 0 Å². The van der Waals surface area contributed by atoms with Gasteiger partial charge in [0, 0.05) is 28.9 Å². The highest BCUT2D eigenvalue weighted by Gasteiger charge is 2.39. The summed E-state index contributed by atoms with van der Waals surface area (Å²) in [5.74, 6) is 0.494. The van der Waals surface area contributed by atoms with Crippen LogP contribution in [0.1, 0.15) is 49.2 Å². The van der Waals surface area contributed by atoms with Gasteiger partial charge in [-0.3, -0.25) is 9.59 Å². The Morgan fingerprint density at radius 2 is 1.67 bits per heavy atom. The first-order chi connectivity index (χ1) is 15.9. The summed E-state index contributed by atoms with van der Waals surface area (Å²) in [5, 5.41) is 0. The zero-order valence-corrected chi connectivity index (χ0v) is 19.6. The average molecular weight is 443 g/mol. The normalized spacial score (nSPS) is 17.4. The topological polar surface area (TPSA) is 49.9 Å². The molecule has 0 spiro atoms.